The van der Waals surface area contributed by atoms with Crippen LogP contribution in [0.1, 0.15) is 18.4 Å². The molecule has 6 heteroatoms. The highest BCUT2D eigenvalue weighted by molar-refractivity contribution is 5.58. The van der Waals surface area contributed by atoms with Crippen LogP contribution in [0.4, 0.5) is 5.69 Å². The van der Waals surface area contributed by atoms with Crippen molar-refractivity contribution < 1.29 is 14.4 Å². The quantitative estimate of drug-likeness (QED) is 0.651. The smallest absolute Gasteiger partial charge is 0.315 e. The molecule has 0 radical (unpaired) electrons. The van der Waals surface area contributed by atoms with Gasteiger partial charge in [-0.25, -0.2) is 0 Å². The Morgan fingerprint density at radius 1 is 1.42 bits per heavy atom. The molecule has 1 fully saturated rings. The molecular weight excluding hydrogens is 248 g/mol. The fraction of sp³-hybridized carbons (Fsp3) is 0.538. The summed E-state index contributed by atoms with van der Waals surface area (Å²) in [5, 5.41) is 14.5. The van der Waals surface area contributed by atoms with E-state index in [-0.39, 0.29) is 11.4 Å². The van der Waals surface area contributed by atoms with Crippen molar-refractivity contribution in [3.8, 4) is 11.5 Å². The summed E-state index contributed by atoms with van der Waals surface area (Å²) in [7, 11) is 2.89. The average Bonchev–Trinajstić information content (AvgIpc) is 2.90. The fourth-order valence-corrected chi connectivity index (χ4v) is 2.47. The van der Waals surface area contributed by atoms with E-state index >= 15 is 0 Å². The second-order valence-corrected chi connectivity index (χ2v) is 4.60. The number of hydrogen-bond donors (Lipinski definition) is 1. The Hall–Kier alpha value is -1.82. The number of methoxy groups -OCH3 is 2. The molecule has 6 nitrogen and oxygen atoms in total. The van der Waals surface area contributed by atoms with Crippen molar-refractivity contribution >= 4 is 5.69 Å². The lowest BCUT2D eigenvalue weighted by Gasteiger charge is -2.13. The minimum absolute atomic E-state index is 0.0464. The molecule has 0 amide bonds. The van der Waals surface area contributed by atoms with Gasteiger partial charge in [-0.1, -0.05) is 0 Å². The van der Waals surface area contributed by atoms with Gasteiger partial charge in [-0.15, -0.1) is 0 Å². The van der Waals surface area contributed by atoms with Crippen LogP contribution in [0.2, 0.25) is 0 Å². The summed E-state index contributed by atoms with van der Waals surface area (Å²) in [6, 6.07) is 3.77. The molecule has 0 bridgehead atoms. The van der Waals surface area contributed by atoms with E-state index in [1.54, 1.807) is 6.07 Å². The van der Waals surface area contributed by atoms with Crippen LogP contribution in [0.5, 0.6) is 11.5 Å². The summed E-state index contributed by atoms with van der Waals surface area (Å²) < 4.78 is 10.3. The number of benzene rings is 1. The minimum atomic E-state index is -0.438. The monoisotopic (exact) mass is 266 g/mol. The molecule has 19 heavy (non-hydrogen) atoms. The predicted octanol–water partition coefficient (Wildman–Crippen LogP) is 1.91. The molecule has 1 heterocycles. The maximum absolute atomic E-state index is 11.1. The zero-order chi connectivity index (χ0) is 13.8. The molecule has 1 N–H and O–H groups in total. The van der Waals surface area contributed by atoms with Crippen LogP contribution in [0, 0.1) is 10.1 Å². The Balaban J connectivity index is 2.33. The van der Waals surface area contributed by atoms with Gasteiger partial charge in [-0.3, -0.25) is 10.1 Å². The van der Waals surface area contributed by atoms with Crippen LogP contribution in [0.3, 0.4) is 0 Å². The number of nitro benzene ring substituents is 1. The largest absolute Gasteiger partial charge is 0.493 e. The van der Waals surface area contributed by atoms with Gasteiger partial charge in [-0.2, -0.15) is 0 Å². The molecule has 1 atom stereocenters. The van der Waals surface area contributed by atoms with Crippen LogP contribution in [0.25, 0.3) is 0 Å². The van der Waals surface area contributed by atoms with Gasteiger partial charge in [0.1, 0.15) is 0 Å². The Labute approximate surface area is 111 Å². The molecular formula is C13H18N2O4. The molecule has 1 aliphatic rings. The summed E-state index contributed by atoms with van der Waals surface area (Å²) in [6.45, 7) is 1.01. The molecule has 104 valence electrons. The van der Waals surface area contributed by atoms with Crippen molar-refractivity contribution in [2.24, 2.45) is 0 Å². The third kappa shape index (κ3) is 2.96. The summed E-state index contributed by atoms with van der Waals surface area (Å²) in [5.41, 5.74) is 0.846. The lowest BCUT2D eigenvalue weighted by atomic mass is 10.0. The second-order valence-electron chi connectivity index (χ2n) is 4.60. The van der Waals surface area contributed by atoms with Crippen LogP contribution in [-0.4, -0.2) is 31.7 Å². The normalized spacial score (nSPS) is 18.3. The number of nitro groups is 1. The topological polar surface area (TPSA) is 73.6 Å². The van der Waals surface area contributed by atoms with Crippen molar-refractivity contribution in [2.75, 3.05) is 20.8 Å². The molecule has 1 aliphatic heterocycles. The van der Waals surface area contributed by atoms with Gasteiger partial charge < -0.3 is 14.8 Å². The van der Waals surface area contributed by atoms with Crippen molar-refractivity contribution in [1.82, 2.24) is 5.32 Å². The third-order valence-corrected chi connectivity index (χ3v) is 3.36. The minimum Gasteiger partial charge on any atom is -0.493 e. The summed E-state index contributed by atoms with van der Waals surface area (Å²) in [5.74, 6) is 0.584. The highest BCUT2D eigenvalue weighted by Crippen LogP contribution is 2.38. The van der Waals surface area contributed by atoms with Gasteiger partial charge in [0.25, 0.3) is 0 Å². The maximum Gasteiger partial charge on any atom is 0.315 e. The standard InChI is InChI=1S/C13H18N2O4/c1-18-12-8-9(6-10-4-3-5-14-10)7-11(15(16)17)13(12)19-2/h7-8,10,14H,3-6H2,1-2H3. The van der Waals surface area contributed by atoms with Crippen LogP contribution in [-0.2, 0) is 6.42 Å². The third-order valence-electron chi connectivity index (χ3n) is 3.36. The van der Waals surface area contributed by atoms with Crippen LogP contribution >= 0.6 is 0 Å². The van der Waals surface area contributed by atoms with Crippen molar-refractivity contribution in [3.63, 3.8) is 0 Å². The van der Waals surface area contributed by atoms with Crippen molar-refractivity contribution in [1.29, 1.82) is 0 Å². The zero-order valence-electron chi connectivity index (χ0n) is 11.1. The molecule has 1 saturated heterocycles. The molecule has 2 rings (SSSR count). The molecule has 1 unspecified atom stereocenters. The maximum atomic E-state index is 11.1. The number of ether oxygens (including phenoxy) is 2. The van der Waals surface area contributed by atoms with E-state index < -0.39 is 4.92 Å². The van der Waals surface area contributed by atoms with E-state index in [9.17, 15) is 10.1 Å². The molecule has 0 aliphatic carbocycles. The number of hydrogen-bond acceptors (Lipinski definition) is 5. The Morgan fingerprint density at radius 3 is 2.74 bits per heavy atom. The van der Waals surface area contributed by atoms with Crippen LogP contribution < -0.4 is 14.8 Å². The van der Waals surface area contributed by atoms with Crippen molar-refractivity contribution in [2.45, 2.75) is 25.3 Å². The zero-order valence-corrected chi connectivity index (χ0v) is 11.1. The molecule has 0 saturated carbocycles. The SMILES string of the molecule is COc1cc(CC2CCCN2)cc([N+](=O)[O-])c1OC. The van der Waals surface area contributed by atoms with E-state index in [0.29, 0.717) is 11.8 Å². The highest BCUT2D eigenvalue weighted by Gasteiger charge is 2.23. The lowest BCUT2D eigenvalue weighted by molar-refractivity contribution is -0.385. The average molecular weight is 266 g/mol. The van der Waals surface area contributed by atoms with E-state index in [2.05, 4.69) is 5.32 Å². The first-order chi connectivity index (χ1) is 9.15. The molecule has 1 aromatic carbocycles. The second kappa shape index (κ2) is 5.88. The van der Waals surface area contributed by atoms with E-state index in [4.69, 9.17) is 9.47 Å². The van der Waals surface area contributed by atoms with E-state index in [0.717, 1.165) is 31.4 Å². The van der Waals surface area contributed by atoms with Gasteiger partial charge in [0.05, 0.1) is 19.1 Å². The van der Waals surface area contributed by atoms with E-state index in [1.807, 2.05) is 6.07 Å². The van der Waals surface area contributed by atoms with Gasteiger partial charge >= 0.3 is 5.69 Å². The fourth-order valence-electron chi connectivity index (χ4n) is 2.47. The summed E-state index contributed by atoms with van der Waals surface area (Å²) in [4.78, 5) is 10.7. The molecule has 0 spiro atoms. The molecule has 1 aromatic rings. The van der Waals surface area contributed by atoms with Gasteiger partial charge in [0, 0.05) is 12.1 Å². The number of nitrogens with one attached hydrogen (secondary N) is 1. The summed E-state index contributed by atoms with van der Waals surface area (Å²) in [6.07, 6.45) is 3.02. The highest BCUT2D eigenvalue weighted by atomic mass is 16.6. The van der Waals surface area contributed by atoms with Gasteiger partial charge in [-0.05, 0) is 37.4 Å². The Bertz CT molecular complexity index is 470. The molecule has 0 aromatic heterocycles. The van der Waals surface area contributed by atoms with Gasteiger partial charge in [0.15, 0.2) is 5.75 Å². The first-order valence-electron chi connectivity index (χ1n) is 6.28. The predicted molar refractivity (Wildman–Crippen MR) is 70.9 cm³/mol. The number of nitrogens with zero attached hydrogens (tertiary/aromatic N) is 1. The number of rotatable bonds is 5. The lowest BCUT2D eigenvalue weighted by Crippen LogP contribution is -2.23. The summed E-state index contributed by atoms with van der Waals surface area (Å²) >= 11 is 0. The Kier molecular flexibility index (Phi) is 4.21. The first-order valence-corrected chi connectivity index (χ1v) is 6.28. The van der Waals surface area contributed by atoms with E-state index in [1.165, 1.54) is 14.2 Å². The Morgan fingerprint density at radius 2 is 2.21 bits per heavy atom. The first kappa shape index (κ1) is 13.6. The van der Waals surface area contributed by atoms with Crippen LogP contribution in [0.15, 0.2) is 12.1 Å². The van der Waals surface area contributed by atoms with Crippen molar-refractivity contribution in [3.05, 3.63) is 27.8 Å². The van der Waals surface area contributed by atoms with Gasteiger partial charge in [0.2, 0.25) is 5.75 Å².